The quantitative estimate of drug-likeness (QED) is 0.289. The Morgan fingerprint density at radius 2 is 1.95 bits per heavy atom. The van der Waals surface area contributed by atoms with Crippen LogP contribution in [0.5, 0.6) is 0 Å². The third-order valence-electron chi connectivity index (χ3n) is 8.03. The molecule has 4 heterocycles. The molecule has 0 amide bonds. The molecular formula is C27H36N6O4S. The van der Waals surface area contributed by atoms with Gasteiger partial charge in [0.2, 0.25) is 5.95 Å². The summed E-state index contributed by atoms with van der Waals surface area (Å²) < 4.78 is 6.81. The number of fused-ring (bicyclic) bond motifs is 1. The number of hydrogen-bond donors (Lipinski definition) is 5. The second-order valence-corrected chi connectivity index (χ2v) is 12.5. The first-order valence-electron chi connectivity index (χ1n) is 13.5. The topological polar surface area (TPSA) is 146 Å². The standard InChI is InChI=1S/C27H36N6O4S/c1-13-19(25-32-21-18(38-25)8-9-28-20(21)14-6-7-14)24(33-26(30-13)29-12-15-5-4-10-37-15)31-17-11-16(27(2,3)36)22(34)23(17)35/h8-9,14-17,22-23,34-36H,4-7,10-12H2,1-3H3,(H2,29,30,31,33)/t15-,16+,17-,22-,23+/m1/s1. The van der Waals surface area contributed by atoms with Crippen LogP contribution in [0, 0.1) is 12.8 Å². The Hall–Kier alpha value is -2.44. The molecule has 11 heteroatoms. The minimum absolute atomic E-state index is 0.131. The lowest BCUT2D eigenvalue weighted by Gasteiger charge is -2.28. The molecule has 3 fully saturated rings. The Balaban J connectivity index is 1.37. The maximum Gasteiger partial charge on any atom is 0.224 e. The van der Waals surface area contributed by atoms with E-state index >= 15 is 0 Å². The van der Waals surface area contributed by atoms with Gasteiger partial charge in [0.05, 0.1) is 45.5 Å². The van der Waals surface area contributed by atoms with Crippen molar-refractivity contribution in [3.8, 4) is 10.6 Å². The first-order chi connectivity index (χ1) is 18.2. The summed E-state index contributed by atoms with van der Waals surface area (Å²) in [5.41, 5.74) is 2.37. The first-order valence-corrected chi connectivity index (χ1v) is 14.4. The molecule has 3 aromatic rings. The number of thiazole rings is 1. The lowest BCUT2D eigenvalue weighted by atomic mass is 9.88. The molecule has 0 unspecified atom stereocenters. The van der Waals surface area contributed by atoms with Gasteiger partial charge in [-0.05, 0) is 58.9 Å². The van der Waals surface area contributed by atoms with Gasteiger partial charge in [-0.1, -0.05) is 0 Å². The van der Waals surface area contributed by atoms with E-state index in [2.05, 4.69) is 15.6 Å². The Labute approximate surface area is 225 Å². The van der Waals surface area contributed by atoms with Gasteiger partial charge in [0, 0.05) is 31.2 Å². The molecule has 2 aliphatic carbocycles. The molecule has 0 bridgehead atoms. The van der Waals surface area contributed by atoms with Gasteiger partial charge in [0.25, 0.3) is 0 Å². The lowest BCUT2D eigenvalue weighted by Crippen LogP contribution is -2.40. The monoisotopic (exact) mass is 540 g/mol. The number of anilines is 2. The third-order valence-corrected chi connectivity index (χ3v) is 9.07. The van der Waals surface area contributed by atoms with Crippen molar-refractivity contribution in [2.24, 2.45) is 5.92 Å². The fourth-order valence-electron chi connectivity index (χ4n) is 5.71. The molecule has 38 heavy (non-hydrogen) atoms. The van der Waals surface area contributed by atoms with Gasteiger partial charge in [-0.25, -0.2) is 9.97 Å². The van der Waals surface area contributed by atoms with Gasteiger partial charge < -0.3 is 30.7 Å². The number of aliphatic hydroxyl groups excluding tert-OH is 2. The average molecular weight is 541 g/mol. The van der Waals surface area contributed by atoms with Crippen molar-refractivity contribution < 1.29 is 20.1 Å². The fourth-order valence-corrected chi connectivity index (χ4v) is 6.78. The van der Waals surface area contributed by atoms with Gasteiger partial charge in [-0.15, -0.1) is 11.3 Å². The molecule has 1 saturated heterocycles. The van der Waals surface area contributed by atoms with Crippen LogP contribution >= 0.6 is 11.3 Å². The Morgan fingerprint density at radius 3 is 2.63 bits per heavy atom. The van der Waals surface area contributed by atoms with Gasteiger partial charge >= 0.3 is 0 Å². The number of hydrogen-bond acceptors (Lipinski definition) is 11. The zero-order chi connectivity index (χ0) is 26.6. The van der Waals surface area contributed by atoms with Crippen LogP contribution in [0.1, 0.15) is 63.3 Å². The summed E-state index contributed by atoms with van der Waals surface area (Å²) in [4.78, 5) is 19.2. The summed E-state index contributed by atoms with van der Waals surface area (Å²) in [5.74, 6) is 1.01. The number of pyridine rings is 1. The van der Waals surface area contributed by atoms with E-state index in [0.29, 0.717) is 30.6 Å². The summed E-state index contributed by atoms with van der Waals surface area (Å²) in [5, 5.41) is 39.7. The molecule has 0 spiro atoms. The molecule has 3 aromatic heterocycles. The molecule has 3 aliphatic rings. The maximum absolute atomic E-state index is 10.9. The SMILES string of the molecule is Cc1nc(NC[C@H]2CCCO2)nc(N[C@@H]2C[C@H](C(C)(C)O)[C@@H](O)[C@H]2O)c1-c1nc2c(C3CC3)nccc2s1. The highest BCUT2D eigenvalue weighted by molar-refractivity contribution is 7.21. The summed E-state index contributed by atoms with van der Waals surface area (Å²) >= 11 is 1.58. The summed E-state index contributed by atoms with van der Waals surface area (Å²) in [6.07, 6.45) is 4.61. The van der Waals surface area contributed by atoms with Gasteiger partial charge in [-0.2, -0.15) is 4.98 Å². The maximum atomic E-state index is 10.9. The van der Waals surface area contributed by atoms with Crippen LogP contribution in [-0.2, 0) is 4.74 Å². The molecule has 0 aromatic carbocycles. The van der Waals surface area contributed by atoms with Crippen molar-refractivity contribution in [2.45, 2.75) is 88.7 Å². The van der Waals surface area contributed by atoms with Crippen molar-refractivity contribution in [3.05, 3.63) is 23.7 Å². The molecule has 5 N–H and O–H groups in total. The smallest absolute Gasteiger partial charge is 0.224 e. The fraction of sp³-hybridized carbons (Fsp3) is 0.630. The summed E-state index contributed by atoms with van der Waals surface area (Å²) in [6.45, 7) is 6.65. The number of ether oxygens (including phenoxy) is 1. The number of aromatic nitrogens is 4. The molecular weight excluding hydrogens is 504 g/mol. The predicted molar refractivity (Wildman–Crippen MR) is 146 cm³/mol. The van der Waals surface area contributed by atoms with Crippen molar-refractivity contribution >= 4 is 33.3 Å². The van der Waals surface area contributed by atoms with Crippen LogP contribution in [0.2, 0.25) is 0 Å². The molecule has 2 saturated carbocycles. The van der Waals surface area contributed by atoms with Gasteiger partial charge in [0.15, 0.2) is 0 Å². The zero-order valence-corrected chi connectivity index (χ0v) is 22.8. The third kappa shape index (κ3) is 4.98. The van der Waals surface area contributed by atoms with Crippen LogP contribution in [0.4, 0.5) is 11.8 Å². The van der Waals surface area contributed by atoms with E-state index in [1.54, 1.807) is 25.2 Å². The highest BCUT2D eigenvalue weighted by atomic mass is 32.1. The van der Waals surface area contributed by atoms with Crippen molar-refractivity contribution in [1.82, 2.24) is 19.9 Å². The van der Waals surface area contributed by atoms with Crippen LogP contribution in [0.25, 0.3) is 20.8 Å². The minimum atomic E-state index is -1.13. The van der Waals surface area contributed by atoms with Gasteiger partial charge in [-0.3, -0.25) is 4.98 Å². The van der Waals surface area contributed by atoms with E-state index in [-0.39, 0.29) is 6.10 Å². The Morgan fingerprint density at radius 1 is 1.13 bits per heavy atom. The average Bonchev–Trinajstić information content (AvgIpc) is 3.27. The molecule has 1 aliphatic heterocycles. The van der Waals surface area contributed by atoms with Crippen molar-refractivity contribution in [1.29, 1.82) is 0 Å². The normalized spacial score (nSPS) is 27.8. The van der Waals surface area contributed by atoms with Crippen LogP contribution < -0.4 is 10.6 Å². The summed E-state index contributed by atoms with van der Waals surface area (Å²) in [6, 6.07) is 1.49. The number of nitrogens with one attached hydrogen (secondary N) is 2. The van der Waals surface area contributed by atoms with Crippen molar-refractivity contribution in [3.63, 3.8) is 0 Å². The van der Waals surface area contributed by atoms with E-state index in [1.165, 1.54) is 0 Å². The Kier molecular flexibility index (Phi) is 6.76. The predicted octanol–water partition coefficient (Wildman–Crippen LogP) is 3.22. The lowest BCUT2D eigenvalue weighted by molar-refractivity contribution is -0.0601. The molecule has 0 radical (unpaired) electrons. The van der Waals surface area contributed by atoms with Crippen molar-refractivity contribution in [2.75, 3.05) is 23.8 Å². The molecule has 204 valence electrons. The summed E-state index contributed by atoms with van der Waals surface area (Å²) in [7, 11) is 0. The Bertz CT molecular complexity index is 1320. The zero-order valence-electron chi connectivity index (χ0n) is 22.0. The second-order valence-electron chi connectivity index (χ2n) is 11.4. The number of aliphatic hydroxyl groups is 3. The van der Waals surface area contributed by atoms with E-state index in [1.807, 2.05) is 19.2 Å². The number of nitrogens with zero attached hydrogens (tertiary/aromatic N) is 4. The van der Waals surface area contributed by atoms with Crippen LogP contribution in [0.15, 0.2) is 12.3 Å². The molecule has 5 atom stereocenters. The van der Waals surface area contributed by atoms with E-state index in [0.717, 1.165) is 64.5 Å². The van der Waals surface area contributed by atoms with E-state index in [4.69, 9.17) is 19.7 Å². The number of rotatable bonds is 8. The van der Waals surface area contributed by atoms with E-state index in [9.17, 15) is 15.3 Å². The largest absolute Gasteiger partial charge is 0.390 e. The van der Waals surface area contributed by atoms with Crippen LogP contribution in [-0.4, -0.2) is 78.4 Å². The highest BCUT2D eigenvalue weighted by Crippen LogP contribution is 2.45. The molecule has 6 rings (SSSR count). The van der Waals surface area contributed by atoms with E-state index < -0.39 is 29.8 Å². The minimum Gasteiger partial charge on any atom is -0.390 e. The highest BCUT2D eigenvalue weighted by Gasteiger charge is 2.48. The molecule has 10 nitrogen and oxygen atoms in total. The van der Waals surface area contributed by atoms with Crippen LogP contribution in [0.3, 0.4) is 0 Å². The second kappa shape index (κ2) is 9.95. The first kappa shape index (κ1) is 25.8. The number of aryl methyl sites for hydroxylation is 1. The van der Waals surface area contributed by atoms with Gasteiger partial charge in [0.1, 0.15) is 22.4 Å².